The highest BCUT2D eigenvalue weighted by Crippen LogP contribution is 2.25. The van der Waals surface area contributed by atoms with Crippen LogP contribution in [-0.2, 0) is 16.4 Å². The largest absolute Gasteiger partial charge is 0.314 e. The Labute approximate surface area is 136 Å². The summed E-state index contributed by atoms with van der Waals surface area (Å²) in [6, 6.07) is 4.10. The molecule has 0 radical (unpaired) electrons. The summed E-state index contributed by atoms with van der Waals surface area (Å²) in [7, 11) is -3.33. The standard InChI is InChI=1S/C14H24N2O2S3/c1-11(2)15-7-5-13-3-4-14(20-13)21(17,18)16-9-12-6-8-19-10-12/h3-4,11-12,15-16H,5-10H2,1-2H3. The zero-order valence-corrected chi connectivity index (χ0v) is 15.0. The summed E-state index contributed by atoms with van der Waals surface area (Å²) < 4.78 is 27.7. The highest BCUT2D eigenvalue weighted by atomic mass is 32.2. The molecule has 0 bridgehead atoms. The van der Waals surface area contributed by atoms with Gasteiger partial charge < -0.3 is 5.32 Å². The van der Waals surface area contributed by atoms with E-state index < -0.39 is 10.0 Å². The smallest absolute Gasteiger partial charge is 0.250 e. The molecule has 7 heteroatoms. The lowest BCUT2D eigenvalue weighted by molar-refractivity contribution is 0.547. The summed E-state index contributed by atoms with van der Waals surface area (Å²) in [6.07, 6.45) is 1.99. The number of hydrogen-bond donors (Lipinski definition) is 2. The number of nitrogens with one attached hydrogen (secondary N) is 2. The van der Waals surface area contributed by atoms with Crippen molar-refractivity contribution in [2.45, 2.75) is 36.9 Å². The third-order valence-corrected chi connectivity index (χ3v) is 7.70. The summed E-state index contributed by atoms with van der Waals surface area (Å²) in [6.45, 7) is 5.66. The van der Waals surface area contributed by atoms with Gasteiger partial charge >= 0.3 is 0 Å². The molecule has 2 rings (SSSR count). The van der Waals surface area contributed by atoms with Crippen molar-refractivity contribution in [1.29, 1.82) is 0 Å². The molecule has 21 heavy (non-hydrogen) atoms. The Morgan fingerprint density at radius 3 is 2.86 bits per heavy atom. The predicted molar refractivity (Wildman–Crippen MR) is 91.8 cm³/mol. The number of thiophene rings is 1. The highest BCUT2D eigenvalue weighted by Gasteiger charge is 2.21. The molecule has 1 aliphatic rings. The number of thioether (sulfide) groups is 1. The van der Waals surface area contributed by atoms with Crippen LogP contribution in [0.1, 0.15) is 25.1 Å². The molecule has 1 unspecified atom stereocenters. The Morgan fingerprint density at radius 1 is 1.38 bits per heavy atom. The van der Waals surface area contributed by atoms with Crippen LogP contribution in [0.5, 0.6) is 0 Å². The summed E-state index contributed by atoms with van der Waals surface area (Å²) in [5.41, 5.74) is 0. The highest BCUT2D eigenvalue weighted by molar-refractivity contribution is 7.99. The van der Waals surface area contributed by atoms with Gasteiger partial charge in [0.2, 0.25) is 10.0 Å². The van der Waals surface area contributed by atoms with Crippen molar-refractivity contribution in [3.63, 3.8) is 0 Å². The van der Waals surface area contributed by atoms with Gasteiger partial charge in [-0.25, -0.2) is 13.1 Å². The van der Waals surface area contributed by atoms with E-state index in [2.05, 4.69) is 23.9 Å². The Morgan fingerprint density at radius 2 is 2.19 bits per heavy atom. The molecule has 0 amide bonds. The third-order valence-electron chi connectivity index (χ3n) is 3.41. The van der Waals surface area contributed by atoms with Crippen molar-refractivity contribution >= 4 is 33.1 Å². The fourth-order valence-corrected chi connectivity index (χ4v) is 5.96. The van der Waals surface area contributed by atoms with Crippen LogP contribution < -0.4 is 10.0 Å². The van der Waals surface area contributed by atoms with Crippen LogP contribution in [0.4, 0.5) is 0 Å². The molecule has 0 spiro atoms. The summed E-state index contributed by atoms with van der Waals surface area (Å²) in [5, 5.41) is 3.34. The maximum Gasteiger partial charge on any atom is 0.250 e. The van der Waals surface area contributed by atoms with E-state index in [1.54, 1.807) is 6.07 Å². The van der Waals surface area contributed by atoms with Crippen molar-refractivity contribution in [3.05, 3.63) is 17.0 Å². The molecule has 1 atom stereocenters. The minimum absolute atomic E-state index is 0.438. The molecular weight excluding hydrogens is 324 g/mol. The van der Waals surface area contributed by atoms with Gasteiger partial charge in [0.15, 0.2) is 0 Å². The lowest BCUT2D eigenvalue weighted by Crippen LogP contribution is -2.28. The topological polar surface area (TPSA) is 58.2 Å². The van der Waals surface area contributed by atoms with Crippen LogP contribution in [0.25, 0.3) is 0 Å². The molecule has 1 aromatic heterocycles. The average molecular weight is 349 g/mol. The quantitative estimate of drug-likeness (QED) is 0.757. The molecule has 0 aliphatic carbocycles. The van der Waals surface area contributed by atoms with Crippen LogP contribution in [0, 0.1) is 5.92 Å². The van der Waals surface area contributed by atoms with Gasteiger partial charge in [0.1, 0.15) is 4.21 Å². The summed E-state index contributed by atoms with van der Waals surface area (Å²) in [4.78, 5) is 1.11. The molecule has 2 N–H and O–H groups in total. The molecule has 1 aliphatic heterocycles. The summed E-state index contributed by atoms with van der Waals surface area (Å²) in [5.74, 6) is 2.71. The molecule has 0 saturated carbocycles. The van der Waals surface area contributed by atoms with E-state index in [1.807, 2.05) is 17.8 Å². The van der Waals surface area contributed by atoms with Gasteiger partial charge in [-0.2, -0.15) is 11.8 Å². The second-order valence-corrected chi connectivity index (χ2v) is 9.97. The average Bonchev–Trinajstić information content (AvgIpc) is 3.07. The zero-order chi connectivity index (χ0) is 15.3. The van der Waals surface area contributed by atoms with Crippen molar-refractivity contribution in [3.8, 4) is 0 Å². The van der Waals surface area contributed by atoms with Gasteiger partial charge in [-0.05, 0) is 42.4 Å². The monoisotopic (exact) mass is 348 g/mol. The summed E-state index contributed by atoms with van der Waals surface area (Å²) >= 11 is 3.28. The normalized spacial score (nSPS) is 19.5. The SMILES string of the molecule is CC(C)NCCc1ccc(S(=O)(=O)NCC2CCSC2)s1. The van der Waals surface area contributed by atoms with E-state index in [4.69, 9.17) is 0 Å². The van der Waals surface area contributed by atoms with Crippen molar-refractivity contribution < 1.29 is 8.42 Å². The van der Waals surface area contributed by atoms with E-state index in [0.29, 0.717) is 22.7 Å². The molecule has 4 nitrogen and oxygen atoms in total. The fraction of sp³-hybridized carbons (Fsp3) is 0.714. The molecule has 1 fully saturated rings. The van der Waals surface area contributed by atoms with Gasteiger partial charge in [0.05, 0.1) is 0 Å². The van der Waals surface area contributed by atoms with E-state index in [1.165, 1.54) is 11.3 Å². The second-order valence-electron chi connectivity index (χ2n) is 5.66. The first kappa shape index (κ1) is 17.3. The number of hydrogen-bond acceptors (Lipinski definition) is 5. The Kier molecular flexibility index (Phi) is 6.55. The van der Waals surface area contributed by atoms with Crippen LogP contribution in [0.3, 0.4) is 0 Å². The van der Waals surface area contributed by atoms with E-state index in [9.17, 15) is 8.42 Å². The molecule has 120 valence electrons. The lowest BCUT2D eigenvalue weighted by Gasteiger charge is -2.09. The first-order valence-corrected chi connectivity index (χ1v) is 10.8. The zero-order valence-electron chi connectivity index (χ0n) is 12.6. The third kappa shape index (κ3) is 5.56. The van der Waals surface area contributed by atoms with Gasteiger partial charge in [-0.1, -0.05) is 13.8 Å². The fourth-order valence-electron chi connectivity index (χ4n) is 2.16. The lowest BCUT2D eigenvalue weighted by atomic mass is 10.1. The van der Waals surface area contributed by atoms with E-state index in [0.717, 1.165) is 35.8 Å². The molecule has 1 saturated heterocycles. The van der Waals surface area contributed by atoms with Gasteiger partial charge in [-0.3, -0.25) is 0 Å². The molecule has 2 heterocycles. The molecule has 0 aromatic carbocycles. The maximum atomic E-state index is 12.3. The van der Waals surface area contributed by atoms with Crippen molar-refractivity contribution in [2.24, 2.45) is 5.92 Å². The van der Waals surface area contributed by atoms with Gasteiger partial charge in [-0.15, -0.1) is 11.3 Å². The molecular formula is C14H24N2O2S3. The van der Waals surface area contributed by atoms with Gasteiger partial charge in [0.25, 0.3) is 0 Å². The minimum Gasteiger partial charge on any atom is -0.314 e. The van der Waals surface area contributed by atoms with Crippen LogP contribution in [0.2, 0.25) is 0 Å². The number of rotatable bonds is 8. The second kappa shape index (κ2) is 7.97. The van der Waals surface area contributed by atoms with Crippen LogP contribution >= 0.6 is 23.1 Å². The van der Waals surface area contributed by atoms with Crippen LogP contribution in [0.15, 0.2) is 16.3 Å². The first-order valence-electron chi connectivity index (χ1n) is 7.37. The van der Waals surface area contributed by atoms with Crippen molar-refractivity contribution in [2.75, 3.05) is 24.6 Å². The Bertz CT molecular complexity index is 534. The maximum absolute atomic E-state index is 12.3. The Hall–Kier alpha value is -0.0800. The Balaban J connectivity index is 1.86. The van der Waals surface area contributed by atoms with E-state index in [-0.39, 0.29) is 0 Å². The minimum atomic E-state index is -3.33. The van der Waals surface area contributed by atoms with Gasteiger partial charge in [0, 0.05) is 24.0 Å². The molecule has 1 aromatic rings. The van der Waals surface area contributed by atoms with E-state index >= 15 is 0 Å². The number of sulfonamides is 1. The van der Waals surface area contributed by atoms with Crippen molar-refractivity contribution in [1.82, 2.24) is 10.0 Å². The first-order chi connectivity index (χ1) is 9.97. The predicted octanol–water partition coefficient (Wildman–Crippen LogP) is 2.32. The van der Waals surface area contributed by atoms with Crippen LogP contribution in [-0.4, -0.2) is 39.1 Å².